The number of phenolic OH excluding ortho intramolecular Hbond substituents is 1. The Hall–Kier alpha value is -3.86. The van der Waals surface area contributed by atoms with Crippen LogP contribution in [0, 0.1) is 0 Å². The number of rotatable bonds is 5. The molecule has 0 aliphatic rings. The first-order valence-electron chi connectivity index (χ1n) is 9.23. The van der Waals surface area contributed by atoms with Crippen molar-refractivity contribution in [2.24, 2.45) is 0 Å². The van der Waals surface area contributed by atoms with Crippen molar-refractivity contribution in [3.63, 3.8) is 0 Å². The summed E-state index contributed by atoms with van der Waals surface area (Å²) in [6, 6.07) is 23.1. The van der Waals surface area contributed by atoms with Crippen LogP contribution in [0.15, 0.2) is 85.1 Å². The quantitative estimate of drug-likeness (QED) is 0.533. The van der Waals surface area contributed by atoms with E-state index in [4.69, 9.17) is 4.74 Å². The van der Waals surface area contributed by atoms with Crippen molar-refractivity contribution in [2.45, 2.75) is 6.04 Å². The molecule has 1 atom stereocenters. The summed E-state index contributed by atoms with van der Waals surface area (Å²) in [6.45, 7) is 0. The SMILES string of the molecule is COc1cccc(C(NC(=O)c2ccccc2)c2cc3cccnc3cc2O)c1. The zero-order valence-electron chi connectivity index (χ0n) is 15.9. The van der Waals surface area contributed by atoms with Crippen molar-refractivity contribution in [1.29, 1.82) is 0 Å². The van der Waals surface area contributed by atoms with Crippen LogP contribution in [0.2, 0.25) is 0 Å². The van der Waals surface area contributed by atoms with Crippen LogP contribution in [0.1, 0.15) is 27.5 Å². The van der Waals surface area contributed by atoms with Gasteiger partial charge in [-0.15, -0.1) is 0 Å². The molecule has 4 rings (SSSR count). The van der Waals surface area contributed by atoms with Crippen LogP contribution >= 0.6 is 0 Å². The Labute approximate surface area is 168 Å². The van der Waals surface area contributed by atoms with E-state index in [1.54, 1.807) is 31.5 Å². The molecular formula is C24H20N2O3. The number of amides is 1. The van der Waals surface area contributed by atoms with Crippen molar-refractivity contribution in [2.75, 3.05) is 7.11 Å². The van der Waals surface area contributed by atoms with Gasteiger partial charge in [-0.25, -0.2) is 0 Å². The predicted molar refractivity (Wildman–Crippen MR) is 112 cm³/mol. The number of nitrogens with one attached hydrogen (secondary N) is 1. The zero-order valence-corrected chi connectivity index (χ0v) is 15.9. The van der Waals surface area contributed by atoms with Crippen LogP contribution in [-0.2, 0) is 0 Å². The van der Waals surface area contributed by atoms with E-state index < -0.39 is 6.04 Å². The minimum atomic E-state index is -0.567. The lowest BCUT2D eigenvalue weighted by molar-refractivity contribution is 0.0942. The molecule has 5 nitrogen and oxygen atoms in total. The number of aromatic hydroxyl groups is 1. The third-order valence-corrected chi connectivity index (χ3v) is 4.80. The number of carbonyl (C=O) groups excluding carboxylic acids is 1. The monoisotopic (exact) mass is 384 g/mol. The highest BCUT2D eigenvalue weighted by atomic mass is 16.5. The van der Waals surface area contributed by atoms with Gasteiger partial charge in [0.15, 0.2) is 0 Å². The molecular weight excluding hydrogens is 364 g/mol. The number of carbonyl (C=O) groups is 1. The van der Waals surface area contributed by atoms with Gasteiger partial charge in [-0.3, -0.25) is 9.78 Å². The molecule has 1 aromatic heterocycles. The third kappa shape index (κ3) is 3.89. The van der Waals surface area contributed by atoms with E-state index in [0.717, 1.165) is 10.9 Å². The Kier molecular flexibility index (Phi) is 5.12. The van der Waals surface area contributed by atoms with Gasteiger partial charge >= 0.3 is 0 Å². The van der Waals surface area contributed by atoms with E-state index in [1.807, 2.05) is 60.7 Å². The minimum Gasteiger partial charge on any atom is -0.507 e. The van der Waals surface area contributed by atoms with Crippen LogP contribution < -0.4 is 10.1 Å². The van der Waals surface area contributed by atoms with Crippen LogP contribution in [0.5, 0.6) is 11.5 Å². The molecule has 1 heterocycles. The van der Waals surface area contributed by atoms with Gasteiger partial charge in [0.1, 0.15) is 11.5 Å². The number of pyridine rings is 1. The molecule has 2 N–H and O–H groups in total. The van der Waals surface area contributed by atoms with Gasteiger partial charge in [-0.1, -0.05) is 36.4 Å². The number of hydrogen-bond donors (Lipinski definition) is 2. The van der Waals surface area contributed by atoms with Crippen molar-refractivity contribution in [3.05, 3.63) is 102 Å². The lowest BCUT2D eigenvalue weighted by Gasteiger charge is -2.22. The zero-order chi connectivity index (χ0) is 20.2. The molecule has 4 aromatic rings. The topological polar surface area (TPSA) is 71.5 Å². The second kappa shape index (κ2) is 8.02. The van der Waals surface area contributed by atoms with E-state index >= 15 is 0 Å². The van der Waals surface area contributed by atoms with Crippen LogP contribution in [0.25, 0.3) is 10.9 Å². The largest absolute Gasteiger partial charge is 0.507 e. The Bertz CT molecular complexity index is 1160. The summed E-state index contributed by atoms with van der Waals surface area (Å²) in [6.07, 6.45) is 1.68. The molecule has 3 aromatic carbocycles. The Morgan fingerprint density at radius 1 is 1.00 bits per heavy atom. The molecule has 0 fully saturated rings. The standard InChI is InChI=1S/C24H20N2O3/c1-29-19-11-5-9-18(13-19)23(26-24(28)16-7-3-2-4-8-16)20-14-17-10-6-12-25-21(17)15-22(20)27/h2-15,23,27H,1H3,(H,26,28). The molecule has 1 amide bonds. The Balaban J connectivity index is 1.81. The van der Waals surface area contributed by atoms with E-state index in [-0.39, 0.29) is 11.7 Å². The molecule has 0 spiro atoms. The molecule has 0 radical (unpaired) electrons. The Morgan fingerprint density at radius 3 is 2.62 bits per heavy atom. The second-order valence-electron chi connectivity index (χ2n) is 6.66. The number of aromatic nitrogens is 1. The van der Waals surface area contributed by atoms with Crippen molar-refractivity contribution in [3.8, 4) is 11.5 Å². The number of benzene rings is 3. The second-order valence-corrected chi connectivity index (χ2v) is 6.66. The number of ether oxygens (including phenoxy) is 1. The highest BCUT2D eigenvalue weighted by Gasteiger charge is 2.22. The van der Waals surface area contributed by atoms with E-state index in [9.17, 15) is 9.90 Å². The summed E-state index contributed by atoms with van der Waals surface area (Å²) >= 11 is 0. The van der Waals surface area contributed by atoms with Crippen LogP contribution in [-0.4, -0.2) is 23.1 Å². The maximum Gasteiger partial charge on any atom is 0.252 e. The number of fused-ring (bicyclic) bond motifs is 1. The van der Waals surface area contributed by atoms with E-state index in [2.05, 4.69) is 10.3 Å². The third-order valence-electron chi connectivity index (χ3n) is 4.80. The summed E-state index contributed by atoms with van der Waals surface area (Å²) in [5.41, 5.74) is 2.62. The summed E-state index contributed by atoms with van der Waals surface area (Å²) in [5, 5.41) is 14.7. The first-order valence-corrected chi connectivity index (χ1v) is 9.23. The molecule has 0 aliphatic carbocycles. The molecule has 0 saturated heterocycles. The summed E-state index contributed by atoms with van der Waals surface area (Å²) in [7, 11) is 1.59. The first-order chi connectivity index (χ1) is 14.2. The fourth-order valence-corrected chi connectivity index (χ4v) is 3.32. The minimum absolute atomic E-state index is 0.0670. The van der Waals surface area contributed by atoms with Crippen LogP contribution in [0.4, 0.5) is 0 Å². The Morgan fingerprint density at radius 2 is 1.83 bits per heavy atom. The van der Waals surface area contributed by atoms with E-state index in [1.165, 1.54) is 0 Å². The summed E-state index contributed by atoms with van der Waals surface area (Å²) in [5.74, 6) is 0.505. The van der Waals surface area contributed by atoms with Gasteiger partial charge in [0.05, 0.1) is 18.7 Å². The highest BCUT2D eigenvalue weighted by molar-refractivity contribution is 5.95. The van der Waals surface area contributed by atoms with Gasteiger partial charge in [0.25, 0.3) is 5.91 Å². The molecule has 29 heavy (non-hydrogen) atoms. The smallest absolute Gasteiger partial charge is 0.252 e. The summed E-state index contributed by atoms with van der Waals surface area (Å²) in [4.78, 5) is 17.2. The molecule has 0 saturated carbocycles. The molecule has 0 bridgehead atoms. The van der Waals surface area contributed by atoms with Crippen molar-refractivity contribution in [1.82, 2.24) is 10.3 Å². The van der Waals surface area contributed by atoms with Gasteiger partial charge < -0.3 is 15.2 Å². The summed E-state index contributed by atoms with van der Waals surface area (Å²) < 4.78 is 5.35. The average molecular weight is 384 g/mol. The fraction of sp³-hybridized carbons (Fsp3) is 0.0833. The number of phenols is 1. The maximum absolute atomic E-state index is 12.9. The van der Waals surface area contributed by atoms with Gasteiger partial charge in [-0.2, -0.15) is 0 Å². The normalized spacial score (nSPS) is 11.8. The average Bonchev–Trinajstić information content (AvgIpc) is 2.77. The molecule has 1 unspecified atom stereocenters. The number of hydrogen-bond acceptors (Lipinski definition) is 4. The van der Waals surface area contributed by atoms with Gasteiger partial charge in [-0.05, 0) is 42.0 Å². The van der Waals surface area contributed by atoms with Crippen molar-refractivity contribution >= 4 is 16.8 Å². The lowest BCUT2D eigenvalue weighted by atomic mass is 9.95. The molecule has 144 valence electrons. The lowest BCUT2D eigenvalue weighted by Crippen LogP contribution is -2.29. The number of methoxy groups -OCH3 is 1. The highest BCUT2D eigenvalue weighted by Crippen LogP contribution is 2.34. The molecule has 0 aliphatic heterocycles. The maximum atomic E-state index is 12.9. The molecule has 5 heteroatoms. The predicted octanol–water partition coefficient (Wildman–Crippen LogP) is 4.47. The fourth-order valence-electron chi connectivity index (χ4n) is 3.32. The van der Waals surface area contributed by atoms with Crippen molar-refractivity contribution < 1.29 is 14.6 Å². The van der Waals surface area contributed by atoms with Gasteiger partial charge in [0.2, 0.25) is 0 Å². The first kappa shape index (κ1) is 18.5. The van der Waals surface area contributed by atoms with Crippen LogP contribution in [0.3, 0.4) is 0 Å². The number of nitrogens with zero attached hydrogens (tertiary/aromatic N) is 1. The van der Waals surface area contributed by atoms with E-state index in [0.29, 0.717) is 22.4 Å². The van der Waals surface area contributed by atoms with Gasteiger partial charge in [0, 0.05) is 28.8 Å².